The molecule has 1 aromatic rings. The number of methoxy groups -OCH3 is 1. The smallest absolute Gasteiger partial charge is 0.259 e. The number of aliphatic hydroxyl groups is 1. The molecule has 0 radical (unpaired) electrons. The molecule has 2 aliphatic rings. The molecular formula is C19H29N3O3. The van der Waals surface area contributed by atoms with Gasteiger partial charge in [0.2, 0.25) is 5.88 Å². The van der Waals surface area contributed by atoms with E-state index in [-0.39, 0.29) is 18.4 Å². The average molecular weight is 347 g/mol. The Hall–Kier alpha value is -1.66. The third kappa shape index (κ3) is 3.96. The van der Waals surface area contributed by atoms with Crippen molar-refractivity contribution >= 4 is 5.91 Å². The third-order valence-corrected chi connectivity index (χ3v) is 5.23. The highest BCUT2D eigenvalue weighted by Gasteiger charge is 2.32. The number of fused-ring (bicyclic) bond motifs is 1. The Labute approximate surface area is 149 Å². The summed E-state index contributed by atoms with van der Waals surface area (Å²) in [6, 6.07) is 1.97. The molecule has 1 aliphatic carbocycles. The van der Waals surface area contributed by atoms with E-state index in [0.29, 0.717) is 30.5 Å². The van der Waals surface area contributed by atoms with Crippen LogP contribution < -0.4 is 4.74 Å². The molecule has 0 bridgehead atoms. The molecule has 138 valence electrons. The van der Waals surface area contributed by atoms with Gasteiger partial charge in [-0.25, -0.2) is 4.98 Å². The maximum Gasteiger partial charge on any atom is 0.259 e. The van der Waals surface area contributed by atoms with Gasteiger partial charge in [-0.15, -0.1) is 0 Å². The topological polar surface area (TPSA) is 65.9 Å². The fraction of sp³-hybridized carbons (Fsp3) is 0.684. The molecule has 1 aromatic heterocycles. The fourth-order valence-corrected chi connectivity index (χ4v) is 4.20. The lowest BCUT2D eigenvalue weighted by Crippen LogP contribution is -2.47. The molecule has 6 heteroatoms. The Kier molecular flexibility index (Phi) is 5.59. The molecule has 3 rings (SSSR count). The first-order valence-electron chi connectivity index (χ1n) is 9.13. The Morgan fingerprint density at radius 1 is 1.36 bits per heavy atom. The van der Waals surface area contributed by atoms with E-state index in [4.69, 9.17) is 4.74 Å². The molecule has 1 aliphatic heterocycles. The number of aryl methyl sites for hydroxylation is 2. The van der Waals surface area contributed by atoms with Crippen molar-refractivity contribution in [3.05, 3.63) is 22.9 Å². The zero-order chi connectivity index (χ0) is 18.0. The summed E-state index contributed by atoms with van der Waals surface area (Å²) in [5, 5.41) is 9.65. The minimum atomic E-state index is -0.0269. The number of piperidine rings is 1. The second-order valence-corrected chi connectivity index (χ2v) is 7.63. The second-order valence-electron chi connectivity index (χ2n) is 7.63. The highest BCUT2D eigenvalue weighted by Crippen LogP contribution is 2.29. The molecule has 1 N–H and O–H groups in total. The number of pyridine rings is 1. The van der Waals surface area contributed by atoms with Crippen LogP contribution in [0.5, 0.6) is 5.88 Å². The number of nitrogens with zero attached hydrogens (tertiary/aromatic N) is 3. The maximum atomic E-state index is 13.2. The summed E-state index contributed by atoms with van der Waals surface area (Å²) in [7, 11) is 5.66. The number of aliphatic hydroxyl groups excluding tert-OH is 1. The van der Waals surface area contributed by atoms with Crippen LogP contribution >= 0.6 is 0 Å². The first-order valence-corrected chi connectivity index (χ1v) is 9.13. The normalized spacial score (nSPS) is 23.0. The van der Waals surface area contributed by atoms with E-state index in [1.165, 1.54) is 5.56 Å². The molecule has 1 amide bonds. The first-order chi connectivity index (χ1) is 12.0. The number of rotatable bonds is 5. The van der Waals surface area contributed by atoms with Crippen molar-refractivity contribution in [2.45, 2.75) is 25.7 Å². The number of hydrogen-bond acceptors (Lipinski definition) is 5. The number of hydrogen-bond donors (Lipinski definition) is 1. The summed E-state index contributed by atoms with van der Waals surface area (Å²) < 4.78 is 5.41. The standard InChI is InChI=1S/C19H29N3O3/c1-21(2)9-13-7-14(12-23)11-22(10-13)19(24)16-8-15-5-4-6-17(15)20-18(16)25-3/h8,13-14,23H,4-7,9-12H2,1-3H3/t13-,14-/m1/s1. The molecule has 0 unspecified atom stereocenters. The number of ether oxygens (including phenoxy) is 1. The monoisotopic (exact) mass is 347 g/mol. The van der Waals surface area contributed by atoms with Crippen molar-refractivity contribution in [2.24, 2.45) is 11.8 Å². The lowest BCUT2D eigenvalue weighted by atomic mass is 9.89. The zero-order valence-corrected chi connectivity index (χ0v) is 15.5. The van der Waals surface area contributed by atoms with E-state index in [9.17, 15) is 9.90 Å². The molecule has 1 saturated heterocycles. The maximum absolute atomic E-state index is 13.2. The largest absolute Gasteiger partial charge is 0.480 e. The Morgan fingerprint density at radius 3 is 2.80 bits per heavy atom. The van der Waals surface area contributed by atoms with Gasteiger partial charge < -0.3 is 19.6 Å². The highest BCUT2D eigenvalue weighted by atomic mass is 16.5. The van der Waals surface area contributed by atoms with Crippen LogP contribution in [0.3, 0.4) is 0 Å². The van der Waals surface area contributed by atoms with Gasteiger partial charge in [0.25, 0.3) is 5.91 Å². The molecule has 0 aromatic carbocycles. The minimum absolute atomic E-state index is 0.0269. The molecule has 25 heavy (non-hydrogen) atoms. The molecule has 0 saturated carbocycles. The number of carbonyl (C=O) groups excluding carboxylic acids is 1. The van der Waals surface area contributed by atoms with E-state index in [1.54, 1.807) is 7.11 Å². The molecule has 0 spiro atoms. The van der Waals surface area contributed by atoms with Crippen molar-refractivity contribution in [1.29, 1.82) is 0 Å². The van der Waals surface area contributed by atoms with E-state index in [2.05, 4.69) is 9.88 Å². The highest BCUT2D eigenvalue weighted by molar-refractivity contribution is 5.96. The number of carbonyl (C=O) groups is 1. The predicted molar refractivity (Wildman–Crippen MR) is 96.0 cm³/mol. The lowest BCUT2D eigenvalue weighted by Gasteiger charge is -2.38. The van der Waals surface area contributed by atoms with Crippen LogP contribution in [0.2, 0.25) is 0 Å². The van der Waals surface area contributed by atoms with E-state index < -0.39 is 0 Å². The van der Waals surface area contributed by atoms with Crippen LogP contribution in [0.15, 0.2) is 6.07 Å². The average Bonchev–Trinajstić information content (AvgIpc) is 3.06. The van der Waals surface area contributed by atoms with E-state index in [0.717, 1.165) is 37.9 Å². The van der Waals surface area contributed by atoms with Gasteiger partial charge in [-0.2, -0.15) is 0 Å². The minimum Gasteiger partial charge on any atom is -0.480 e. The predicted octanol–water partition coefficient (Wildman–Crippen LogP) is 1.21. The van der Waals surface area contributed by atoms with Gasteiger partial charge in [0.15, 0.2) is 0 Å². The molecular weight excluding hydrogens is 318 g/mol. The van der Waals surface area contributed by atoms with Gasteiger partial charge in [-0.3, -0.25) is 4.79 Å². The Morgan fingerprint density at radius 2 is 2.12 bits per heavy atom. The molecule has 2 heterocycles. The van der Waals surface area contributed by atoms with Crippen LogP contribution in [0, 0.1) is 11.8 Å². The first kappa shape index (κ1) is 18.1. The van der Waals surface area contributed by atoms with E-state index >= 15 is 0 Å². The van der Waals surface area contributed by atoms with Gasteiger partial charge in [0.1, 0.15) is 5.56 Å². The lowest BCUT2D eigenvalue weighted by molar-refractivity contribution is 0.0474. The van der Waals surface area contributed by atoms with Crippen molar-refractivity contribution in [1.82, 2.24) is 14.8 Å². The summed E-state index contributed by atoms with van der Waals surface area (Å²) in [5.41, 5.74) is 2.79. The SMILES string of the molecule is COc1nc2c(cc1C(=O)N1C[C@H](CO)C[C@H](CN(C)C)C1)CCC2. The summed E-state index contributed by atoms with van der Waals surface area (Å²) in [6.07, 6.45) is 3.98. The van der Waals surface area contributed by atoms with Crippen LogP contribution in [0.25, 0.3) is 0 Å². The molecule has 6 nitrogen and oxygen atoms in total. The zero-order valence-electron chi connectivity index (χ0n) is 15.5. The third-order valence-electron chi connectivity index (χ3n) is 5.23. The van der Waals surface area contributed by atoms with Crippen LogP contribution in [-0.4, -0.2) is 73.2 Å². The van der Waals surface area contributed by atoms with Crippen molar-refractivity contribution in [3.8, 4) is 5.88 Å². The van der Waals surface area contributed by atoms with Crippen molar-refractivity contribution in [3.63, 3.8) is 0 Å². The Balaban J connectivity index is 1.83. The van der Waals surface area contributed by atoms with Crippen LogP contribution in [-0.2, 0) is 12.8 Å². The van der Waals surface area contributed by atoms with Gasteiger partial charge >= 0.3 is 0 Å². The van der Waals surface area contributed by atoms with E-state index in [1.807, 2.05) is 25.1 Å². The van der Waals surface area contributed by atoms with Gasteiger partial charge in [-0.05, 0) is 63.2 Å². The van der Waals surface area contributed by atoms with Gasteiger partial charge in [-0.1, -0.05) is 0 Å². The van der Waals surface area contributed by atoms with Crippen LogP contribution in [0.4, 0.5) is 0 Å². The van der Waals surface area contributed by atoms with Gasteiger partial charge in [0.05, 0.1) is 7.11 Å². The van der Waals surface area contributed by atoms with Crippen molar-refractivity contribution < 1.29 is 14.6 Å². The number of amides is 1. The van der Waals surface area contributed by atoms with Crippen LogP contribution in [0.1, 0.15) is 34.5 Å². The number of aromatic nitrogens is 1. The quantitative estimate of drug-likeness (QED) is 0.867. The molecule has 1 fully saturated rings. The summed E-state index contributed by atoms with van der Waals surface area (Å²) in [5.74, 6) is 0.913. The summed E-state index contributed by atoms with van der Waals surface area (Å²) in [6.45, 7) is 2.35. The fourth-order valence-electron chi connectivity index (χ4n) is 4.20. The van der Waals surface area contributed by atoms with Crippen molar-refractivity contribution in [2.75, 3.05) is 47.4 Å². The summed E-state index contributed by atoms with van der Waals surface area (Å²) in [4.78, 5) is 21.8. The van der Waals surface area contributed by atoms with Gasteiger partial charge in [0, 0.05) is 31.9 Å². The summed E-state index contributed by atoms with van der Waals surface area (Å²) >= 11 is 0. The second kappa shape index (κ2) is 7.70. The Bertz CT molecular complexity index is 633. The number of likely N-dealkylation sites (tertiary alicyclic amines) is 1. The molecule has 2 atom stereocenters.